The van der Waals surface area contributed by atoms with Crippen molar-refractivity contribution < 1.29 is 56.7 Å². The lowest BCUT2D eigenvalue weighted by Crippen LogP contribution is -2.50. The Morgan fingerprint density at radius 1 is 0.649 bits per heavy atom. The molecule has 1 atom stereocenters. The fraction of sp³-hybridized carbons (Fsp3) is 0.590. The molecule has 0 bridgehead atoms. The van der Waals surface area contributed by atoms with Crippen molar-refractivity contribution in [1.82, 2.24) is 21.3 Å². The topological polar surface area (TPSA) is 198 Å². The van der Waals surface area contributed by atoms with Gasteiger partial charge in [0.2, 0.25) is 17.7 Å². The van der Waals surface area contributed by atoms with E-state index in [-0.39, 0.29) is 127 Å². The zero-order valence-corrected chi connectivity index (χ0v) is 34.5. The number of carbonyl (C=O) groups excluding carboxylic acids is 4. The van der Waals surface area contributed by atoms with Crippen LogP contribution >= 0.6 is 18.8 Å². The number of hydrogen-bond acceptors (Lipinski definition) is 12. The van der Waals surface area contributed by atoms with Crippen molar-refractivity contribution in [3.05, 3.63) is 29.8 Å². The maximum Gasteiger partial charge on any atom is 0.297 e. The lowest BCUT2D eigenvalue weighted by atomic mass is 9.82. The average molecular weight is 837 g/mol. The second-order valence-electron chi connectivity index (χ2n) is 12.3. The van der Waals surface area contributed by atoms with E-state index in [2.05, 4.69) is 51.3 Å². The van der Waals surface area contributed by atoms with Crippen LogP contribution < -0.4 is 25.8 Å². The first-order valence-corrected chi connectivity index (χ1v) is 21.7. The second kappa shape index (κ2) is 31.9. The number of terminal acetylenes is 3. The summed E-state index contributed by atoms with van der Waals surface area (Å²) in [6.07, 6.45) is 15.5. The van der Waals surface area contributed by atoms with Crippen molar-refractivity contribution in [2.45, 2.75) is 44.1 Å². The van der Waals surface area contributed by atoms with E-state index in [1.165, 1.54) is 24.9 Å². The third-order valence-electron chi connectivity index (χ3n) is 7.62. The number of carbonyl (C=O) groups is 4. The van der Waals surface area contributed by atoms with E-state index in [0.717, 1.165) is 0 Å². The van der Waals surface area contributed by atoms with Gasteiger partial charge in [-0.1, -0.05) is 36.1 Å². The van der Waals surface area contributed by atoms with Gasteiger partial charge in [-0.2, -0.15) is 0 Å². The van der Waals surface area contributed by atoms with E-state index >= 15 is 0 Å². The Bertz CT molecular complexity index is 1410. The van der Waals surface area contributed by atoms with Gasteiger partial charge in [-0.25, -0.2) is 0 Å². The van der Waals surface area contributed by atoms with E-state index in [1.807, 2.05) is 0 Å². The highest BCUT2D eigenvalue weighted by Crippen LogP contribution is 2.47. The average Bonchev–Trinajstić information content (AvgIpc) is 3.17. The van der Waals surface area contributed by atoms with Gasteiger partial charge in [-0.15, -0.1) is 19.3 Å². The van der Waals surface area contributed by atoms with Crippen LogP contribution in [0.2, 0.25) is 0 Å². The molecule has 1 aromatic rings. The molecular formula is C39H57N4O12PS. The zero-order chi connectivity index (χ0) is 42.0. The molecule has 316 valence electrons. The summed E-state index contributed by atoms with van der Waals surface area (Å²) < 4.78 is 49.5. The Labute approximate surface area is 341 Å². The fourth-order valence-corrected chi connectivity index (χ4v) is 5.72. The highest BCUT2D eigenvalue weighted by Gasteiger charge is 2.34. The van der Waals surface area contributed by atoms with E-state index in [0.29, 0.717) is 39.6 Å². The minimum atomic E-state index is -3.24. The summed E-state index contributed by atoms with van der Waals surface area (Å²) in [6.45, 7) is 1.77. The number of hydrogen-bond donors (Lipinski definition) is 5. The molecule has 18 heteroatoms. The molecule has 0 saturated carbocycles. The Morgan fingerprint density at radius 3 is 1.40 bits per heavy atom. The minimum Gasteiger partial charge on any atom is -0.436 e. The van der Waals surface area contributed by atoms with Crippen LogP contribution in [0, 0.1) is 37.0 Å². The Morgan fingerprint density at radius 2 is 1.04 bits per heavy atom. The number of ether oxygens (including phenoxy) is 6. The standard InChI is InChI=1S/C39H57N4O12PS/c1-5-20-49-26-29-52-23-17-40-35(44)11-14-39(15-12-36(45)41-18-24-53-30-27-50-21-6-2,16-13-37(46)42-19-25-54-31-28-51-22-7-3)43-38(47)33-9-8-10-34(32-33)55-56(4,48)57/h1-3,8-10,32H,11-31H2,4H3,(H,40,44)(H,41,45)(H,42,46)(H,43,47)(H,48,57). The van der Waals surface area contributed by atoms with E-state index in [4.69, 9.17) is 52.2 Å². The van der Waals surface area contributed by atoms with Gasteiger partial charge in [0.25, 0.3) is 12.5 Å². The number of nitrogens with one attached hydrogen (secondary N) is 4. The first-order chi connectivity index (χ1) is 27.4. The molecule has 0 heterocycles. The Kier molecular flexibility index (Phi) is 28.5. The quantitative estimate of drug-likeness (QED) is 0.0294. The number of rotatable bonds is 34. The van der Waals surface area contributed by atoms with Crippen LogP contribution in [0.15, 0.2) is 24.3 Å². The molecule has 0 radical (unpaired) electrons. The minimum absolute atomic E-state index is 0.0538. The van der Waals surface area contributed by atoms with Gasteiger partial charge >= 0.3 is 0 Å². The summed E-state index contributed by atoms with van der Waals surface area (Å²) >= 11 is 3.98. The van der Waals surface area contributed by atoms with Crippen molar-refractivity contribution in [3.8, 4) is 42.8 Å². The monoisotopic (exact) mass is 836 g/mol. The maximum atomic E-state index is 13.9. The molecule has 0 aliphatic carbocycles. The summed E-state index contributed by atoms with van der Waals surface area (Å²) in [5.74, 6) is 5.70. The van der Waals surface area contributed by atoms with E-state index in [9.17, 15) is 23.7 Å². The molecule has 0 aromatic heterocycles. The third-order valence-corrected chi connectivity index (χ3v) is 8.41. The van der Waals surface area contributed by atoms with Gasteiger partial charge in [0.1, 0.15) is 25.6 Å². The van der Waals surface area contributed by atoms with Gasteiger partial charge < -0.3 is 54.2 Å². The zero-order valence-electron chi connectivity index (χ0n) is 32.7. The van der Waals surface area contributed by atoms with Crippen molar-refractivity contribution in [3.63, 3.8) is 0 Å². The molecule has 0 spiro atoms. The van der Waals surface area contributed by atoms with Crippen LogP contribution in [0.4, 0.5) is 0 Å². The van der Waals surface area contributed by atoms with Gasteiger partial charge in [0.15, 0.2) is 0 Å². The van der Waals surface area contributed by atoms with Gasteiger partial charge in [-0.05, 0) is 37.5 Å². The first-order valence-electron chi connectivity index (χ1n) is 18.4. The predicted octanol–water partition coefficient (Wildman–Crippen LogP) is 1.98. The maximum absolute atomic E-state index is 13.9. The molecular weight excluding hydrogens is 779 g/mol. The van der Waals surface area contributed by atoms with Crippen molar-refractivity contribution in [2.24, 2.45) is 0 Å². The van der Waals surface area contributed by atoms with Crippen LogP contribution in [-0.2, 0) is 47.4 Å². The first kappa shape index (κ1) is 50.9. The predicted molar refractivity (Wildman–Crippen MR) is 218 cm³/mol. The van der Waals surface area contributed by atoms with Gasteiger partial charge in [-0.3, -0.25) is 23.7 Å². The summed E-state index contributed by atoms with van der Waals surface area (Å²) in [6, 6.07) is 6.03. The lowest BCUT2D eigenvalue weighted by molar-refractivity contribution is -0.121. The largest absolute Gasteiger partial charge is 0.436 e. The Hall–Kier alpha value is -4.08. The van der Waals surface area contributed by atoms with Crippen LogP contribution in [0.25, 0.3) is 0 Å². The van der Waals surface area contributed by atoms with E-state index < -0.39 is 18.0 Å². The number of thiol groups is 1. The summed E-state index contributed by atoms with van der Waals surface area (Å²) in [4.78, 5) is 53.0. The van der Waals surface area contributed by atoms with Crippen molar-refractivity contribution in [1.29, 1.82) is 0 Å². The number of benzene rings is 1. The highest BCUT2D eigenvalue weighted by molar-refractivity contribution is 8.46. The molecule has 16 nitrogen and oxygen atoms in total. The molecule has 0 aliphatic rings. The molecule has 4 N–H and O–H groups in total. The molecule has 0 aliphatic heterocycles. The molecule has 0 fully saturated rings. The van der Waals surface area contributed by atoms with Crippen LogP contribution in [-0.4, -0.2) is 135 Å². The fourth-order valence-electron chi connectivity index (χ4n) is 4.93. The lowest BCUT2D eigenvalue weighted by Gasteiger charge is -2.35. The molecule has 1 rings (SSSR count). The Balaban J connectivity index is 3.11. The normalized spacial score (nSPS) is 11.9. The SMILES string of the molecule is C#CCOCCOCCNC(=O)CCC(CCC(=O)NCCOCCOCC#C)(CCC(=O)NCCOCCOCC#C)NC(=O)c1cccc(OP(C)(=O)S)c1. The molecule has 0 saturated heterocycles. The van der Waals surface area contributed by atoms with Crippen LogP contribution in [0.3, 0.4) is 0 Å². The molecule has 1 aromatic carbocycles. The van der Waals surface area contributed by atoms with Crippen LogP contribution in [0.1, 0.15) is 48.9 Å². The second-order valence-corrected chi connectivity index (χ2v) is 16.3. The van der Waals surface area contributed by atoms with E-state index in [1.54, 1.807) is 6.07 Å². The van der Waals surface area contributed by atoms with Crippen molar-refractivity contribution in [2.75, 3.05) is 106 Å². The number of amides is 4. The van der Waals surface area contributed by atoms with Gasteiger partial charge in [0, 0.05) is 56.7 Å². The molecule has 1 unspecified atom stereocenters. The summed E-state index contributed by atoms with van der Waals surface area (Å²) in [5, 5.41) is 11.4. The third kappa shape index (κ3) is 28.0. The van der Waals surface area contributed by atoms with Gasteiger partial charge in [0.05, 0.1) is 59.5 Å². The molecule has 57 heavy (non-hydrogen) atoms. The molecule has 4 amide bonds. The summed E-state index contributed by atoms with van der Waals surface area (Å²) in [7, 11) is 0. The van der Waals surface area contributed by atoms with Crippen molar-refractivity contribution >= 4 is 42.4 Å². The smallest absolute Gasteiger partial charge is 0.297 e. The van der Waals surface area contributed by atoms with Crippen LogP contribution in [0.5, 0.6) is 5.75 Å². The highest BCUT2D eigenvalue weighted by atomic mass is 32.7. The summed E-state index contributed by atoms with van der Waals surface area (Å²) in [5.41, 5.74) is -1.06.